The van der Waals surface area contributed by atoms with Crippen LogP contribution < -0.4 is 4.74 Å². The Morgan fingerprint density at radius 2 is 1.83 bits per heavy atom. The van der Waals surface area contributed by atoms with Crippen LogP contribution in [0.1, 0.15) is 16.7 Å². The van der Waals surface area contributed by atoms with Gasteiger partial charge in [-0.05, 0) is 37.1 Å². The van der Waals surface area contributed by atoms with E-state index in [1.165, 1.54) is 16.5 Å². The van der Waals surface area contributed by atoms with Crippen LogP contribution in [0.4, 0.5) is 0 Å². The molecular formula is C24H27N3O2. The van der Waals surface area contributed by atoms with Gasteiger partial charge in [-0.25, -0.2) is 0 Å². The summed E-state index contributed by atoms with van der Waals surface area (Å²) in [6.07, 6.45) is 1.85. The molecule has 1 fully saturated rings. The van der Waals surface area contributed by atoms with Crippen LogP contribution in [-0.2, 0) is 11.3 Å². The van der Waals surface area contributed by atoms with E-state index in [9.17, 15) is 4.79 Å². The fourth-order valence-corrected chi connectivity index (χ4v) is 3.88. The summed E-state index contributed by atoms with van der Waals surface area (Å²) in [5.74, 6) is 0.836. The molecule has 5 nitrogen and oxygen atoms in total. The highest BCUT2D eigenvalue weighted by atomic mass is 16.5. The molecule has 2 aromatic carbocycles. The Bertz CT molecular complexity index is 1000. The van der Waals surface area contributed by atoms with Crippen LogP contribution in [-0.4, -0.2) is 53.5 Å². The monoisotopic (exact) mass is 389 g/mol. The minimum absolute atomic E-state index is 0.0523. The number of aromatic nitrogens is 1. The quantitative estimate of drug-likeness (QED) is 0.669. The highest BCUT2D eigenvalue weighted by Crippen LogP contribution is 2.20. The van der Waals surface area contributed by atoms with Gasteiger partial charge in [0.15, 0.2) is 6.61 Å². The first kappa shape index (κ1) is 19.4. The lowest BCUT2D eigenvalue weighted by molar-refractivity contribution is -0.135. The molecule has 0 bridgehead atoms. The molecule has 1 aliphatic rings. The van der Waals surface area contributed by atoms with E-state index in [-0.39, 0.29) is 12.5 Å². The maximum Gasteiger partial charge on any atom is 0.260 e. The molecule has 0 unspecified atom stereocenters. The molecule has 2 heterocycles. The first-order chi connectivity index (χ1) is 14.1. The second-order valence-electron chi connectivity index (χ2n) is 7.71. The molecule has 0 N–H and O–H groups in total. The highest BCUT2D eigenvalue weighted by molar-refractivity contribution is 5.81. The van der Waals surface area contributed by atoms with E-state index < -0.39 is 0 Å². The van der Waals surface area contributed by atoms with Crippen LogP contribution in [0.3, 0.4) is 0 Å². The van der Waals surface area contributed by atoms with E-state index in [0.717, 1.165) is 49.6 Å². The molecule has 150 valence electrons. The fraction of sp³-hybridized carbons (Fsp3) is 0.333. The van der Waals surface area contributed by atoms with Gasteiger partial charge in [-0.2, -0.15) is 0 Å². The summed E-state index contributed by atoms with van der Waals surface area (Å²) in [6, 6.07) is 16.4. The molecule has 4 rings (SSSR count). The number of piperazine rings is 1. The van der Waals surface area contributed by atoms with Gasteiger partial charge < -0.3 is 9.64 Å². The number of aryl methyl sites for hydroxylation is 2. The van der Waals surface area contributed by atoms with E-state index in [4.69, 9.17) is 4.74 Å². The lowest BCUT2D eigenvalue weighted by Gasteiger charge is -2.34. The summed E-state index contributed by atoms with van der Waals surface area (Å²) in [6.45, 7) is 8.19. The summed E-state index contributed by atoms with van der Waals surface area (Å²) in [5.41, 5.74) is 4.56. The van der Waals surface area contributed by atoms with Crippen LogP contribution in [0.2, 0.25) is 0 Å². The Balaban J connectivity index is 1.30. The number of carbonyl (C=O) groups excluding carboxylic acids is 1. The second kappa shape index (κ2) is 8.62. The molecule has 0 aliphatic carbocycles. The molecule has 1 aromatic heterocycles. The molecule has 0 atom stereocenters. The van der Waals surface area contributed by atoms with Gasteiger partial charge in [0.1, 0.15) is 5.75 Å². The van der Waals surface area contributed by atoms with E-state index in [2.05, 4.69) is 47.1 Å². The Morgan fingerprint density at radius 3 is 2.62 bits per heavy atom. The molecule has 1 amide bonds. The number of amides is 1. The Morgan fingerprint density at radius 1 is 1.03 bits per heavy atom. The van der Waals surface area contributed by atoms with Gasteiger partial charge in [-0.15, -0.1) is 0 Å². The third-order valence-electron chi connectivity index (χ3n) is 5.52. The van der Waals surface area contributed by atoms with Crippen LogP contribution in [0.25, 0.3) is 10.9 Å². The number of benzene rings is 2. The van der Waals surface area contributed by atoms with Crippen molar-refractivity contribution in [2.75, 3.05) is 32.8 Å². The lowest BCUT2D eigenvalue weighted by Crippen LogP contribution is -2.49. The van der Waals surface area contributed by atoms with Crippen molar-refractivity contribution >= 4 is 16.8 Å². The first-order valence-electron chi connectivity index (χ1n) is 10.1. The van der Waals surface area contributed by atoms with Crippen LogP contribution >= 0.6 is 0 Å². The summed E-state index contributed by atoms with van der Waals surface area (Å²) in [5, 5.41) is 1.17. The number of para-hydroxylation sites is 1. The maximum absolute atomic E-state index is 12.6. The van der Waals surface area contributed by atoms with Gasteiger partial charge >= 0.3 is 0 Å². The minimum Gasteiger partial charge on any atom is -0.484 e. The maximum atomic E-state index is 12.6. The molecular weight excluding hydrogens is 362 g/mol. The van der Waals surface area contributed by atoms with Crippen molar-refractivity contribution < 1.29 is 9.53 Å². The summed E-state index contributed by atoms with van der Waals surface area (Å²) in [4.78, 5) is 21.4. The van der Waals surface area contributed by atoms with Gasteiger partial charge in [-0.1, -0.05) is 42.0 Å². The lowest BCUT2D eigenvalue weighted by atomic mass is 10.1. The van der Waals surface area contributed by atoms with Crippen molar-refractivity contribution in [3.05, 3.63) is 71.4 Å². The zero-order chi connectivity index (χ0) is 20.2. The minimum atomic E-state index is 0.0523. The van der Waals surface area contributed by atoms with Crippen molar-refractivity contribution in [1.29, 1.82) is 0 Å². The standard InChI is InChI=1S/C24H27N3O2/c1-18-8-9-22(19(2)15-18)29-17-23(28)27-13-11-26(12-14-27)16-21-6-3-5-20-7-4-10-25-24(20)21/h3-10,15H,11-14,16-17H2,1-2H3. The topological polar surface area (TPSA) is 45.7 Å². The third-order valence-corrected chi connectivity index (χ3v) is 5.52. The molecule has 3 aromatic rings. The highest BCUT2D eigenvalue weighted by Gasteiger charge is 2.22. The van der Waals surface area contributed by atoms with Gasteiger partial charge in [-0.3, -0.25) is 14.7 Å². The Hall–Kier alpha value is -2.92. The summed E-state index contributed by atoms with van der Waals surface area (Å²) >= 11 is 0. The predicted octanol–water partition coefficient (Wildman–Crippen LogP) is 3.57. The van der Waals surface area contributed by atoms with Crippen molar-refractivity contribution in [3.8, 4) is 5.75 Å². The first-order valence-corrected chi connectivity index (χ1v) is 10.1. The molecule has 0 saturated carbocycles. The average molecular weight is 389 g/mol. The van der Waals surface area contributed by atoms with Crippen molar-refractivity contribution in [3.63, 3.8) is 0 Å². The SMILES string of the molecule is Cc1ccc(OCC(=O)N2CCN(Cc3cccc4cccnc34)CC2)c(C)c1. The number of hydrogen-bond acceptors (Lipinski definition) is 4. The molecule has 5 heteroatoms. The predicted molar refractivity (Wildman–Crippen MR) is 115 cm³/mol. The van der Waals surface area contributed by atoms with Gasteiger partial charge in [0.25, 0.3) is 5.91 Å². The second-order valence-corrected chi connectivity index (χ2v) is 7.71. The Labute approximate surface area is 171 Å². The van der Waals surface area contributed by atoms with Gasteiger partial charge in [0.2, 0.25) is 0 Å². The van der Waals surface area contributed by atoms with Crippen molar-refractivity contribution in [1.82, 2.24) is 14.8 Å². The van der Waals surface area contributed by atoms with Crippen molar-refractivity contribution in [2.45, 2.75) is 20.4 Å². The zero-order valence-corrected chi connectivity index (χ0v) is 17.1. The van der Waals surface area contributed by atoms with E-state index in [0.29, 0.717) is 0 Å². The average Bonchev–Trinajstić information content (AvgIpc) is 2.74. The molecule has 1 saturated heterocycles. The largest absolute Gasteiger partial charge is 0.484 e. The molecule has 29 heavy (non-hydrogen) atoms. The van der Waals surface area contributed by atoms with E-state index in [1.807, 2.05) is 36.2 Å². The number of hydrogen-bond donors (Lipinski definition) is 0. The van der Waals surface area contributed by atoms with Crippen LogP contribution in [0.5, 0.6) is 5.75 Å². The third kappa shape index (κ3) is 4.57. The number of carbonyl (C=O) groups is 1. The molecule has 0 spiro atoms. The number of fused-ring (bicyclic) bond motifs is 1. The fourth-order valence-electron chi connectivity index (χ4n) is 3.88. The van der Waals surface area contributed by atoms with Crippen molar-refractivity contribution in [2.24, 2.45) is 0 Å². The summed E-state index contributed by atoms with van der Waals surface area (Å²) < 4.78 is 5.76. The Kier molecular flexibility index (Phi) is 5.76. The zero-order valence-electron chi connectivity index (χ0n) is 17.1. The van der Waals surface area contributed by atoms with Crippen LogP contribution in [0, 0.1) is 13.8 Å². The van der Waals surface area contributed by atoms with E-state index >= 15 is 0 Å². The number of rotatable bonds is 5. The summed E-state index contributed by atoms with van der Waals surface area (Å²) in [7, 11) is 0. The smallest absolute Gasteiger partial charge is 0.260 e. The van der Waals surface area contributed by atoms with Gasteiger partial charge in [0, 0.05) is 44.3 Å². The van der Waals surface area contributed by atoms with E-state index in [1.54, 1.807) is 0 Å². The number of nitrogens with zero attached hydrogens (tertiary/aromatic N) is 3. The van der Waals surface area contributed by atoms with Gasteiger partial charge in [0.05, 0.1) is 5.52 Å². The molecule has 1 aliphatic heterocycles. The number of ether oxygens (including phenoxy) is 1. The number of pyridine rings is 1. The molecule has 0 radical (unpaired) electrons. The van der Waals surface area contributed by atoms with Crippen LogP contribution in [0.15, 0.2) is 54.7 Å². The normalized spacial score (nSPS) is 14.9.